The Balaban J connectivity index is 1.29. The van der Waals surface area contributed by atoms with Gasteiger partial charge in [0, 0.05) is 39.1 Å². The second-order valence-corrected chi connectivity index (χ2v) is 12.4. The van der Waals surface area contributed by atoms with Crippen LogP contribution in [0.25, 0.3) is 11.2 Å². The average Bonchev–Trinajstić information content (AvgIpc) is 3.49. The molecule has 10 heteroatoms. The van der Waals surface area contributed by atoms with E-state index in [0.29, 0.717) is 44.4 Å². The molecule has 1 saturated heterocycles. The number of amides is 1. The van der Waals surface area contributed by atoms with Crippen molar-refractivity contribution in [3.8, 4) is 11.5 Å². The van der Waals surface area contributed by atoms with Crippen LogP contribution in [0.15, 0.2) is 48.8 Å². The van der Waals surface area contributed by atoms with Gasteiger partial charge in [0.1, 0.15) is 0 Å². The number of aromatic nitrogens is 4. The molecule has 2 aromatic heterocycles. The van der Waals surface area contributed by atoms with Gasteiger partial charge in [-0.2, -0.15) is 9.97 Å². The fourth-order valence-corrected chi connectivity index (χ4v) is 5.49. The van der Waals surface area contributed by atoms with Crippen LogP contribution in [0.5, 0.6) is 11.5 Å². The summed E-state index contributed by atoms with van der Waals surface area (Å²) in [5.41, 5.74) is 4.92. The predicted octanol–water partition coefficient (Wildman–Crippen LogP) is 5.00. The molecule has 0 saturated carbocycles. The van der Waals surface area contributed by atoms with Gasteiger partial charge >= 0.3 is 0 Å². The van der Waals surface area contributed by atoms with Crippen molar-refractivity contribution in [3.05, 3.63) is 65.5 Å². The van der Waals surface area contributed by atoms with E-state index >= 15 is 0 Å². The minimum absolute atomic E-state index is 0.0362. The number of hydrogen-bond donors (Lipinski definition) is 1. The molecule has 1 N–H and O–H groups in total. The van der Waals surface area contributed by atoms with Gasteiger partial charge in [0.05, 0.1) is 12.9 Å². The van der Waals surface area contributed by atoms with Crippen molar-refractivity contribution >= 4 is 28.8 Å². The number of benzene rings is 2. The Labute approximate surface area is 246 Å². The largest absolute Gasteiger partial charge is 0.454 e. The van der Waals surface area contributed by atoms with Gasteiger partial charge in [-0.05, 0) is 42.0 Å². The zero-order valence-electron chi connectivity index (χ0n) is 24.9. The molecular weight excluding hydrogens is 530 g/mol. The van der Waals surface area contributed by atoms with Crippen molar-refractivity contribution in [2.24, 2.45) is 5.41 Å². The summed E-state index contributed by atoms with van der Waals surface area (Å²) >= 11 is 0. The maximum atomic E-state index is 13.0. The van der Waals surface area contributed by atoms with Crippen LogP contribution in [0.1, 0.15) is 50.3 Å². The normalized spacial score (nSPS) is 15.2. The van der Waals surface area contributed by atoms with E-state index in [0.717, 1.165) is 47.7 Å². The summed E-state index contributed by atoms with van der Waals surface area (Å²) in [7, 11) is 0. The van der Waals surface area contributed by atoms with Crippen LogP contribution in [0.4, 0.5) is 11.8 Å². The quantitative estimate of drug-likeness (QED) is 0.332. The fourth-order valence-electron chi connectivity index (χ4n) is 5.49. The minimum Gasteiger partial charge on any atom is -0.454 e. The lowest BCUT2D eigenvalue weighted by molar-refractivity contribution is -0.132. The number of hydrogen-bond acceptors (Lipinski definition) is 8. The molecule has 0 unspecified atom stereocenters. The van der Waals surface area contributed by atoms with Crippen LogP contribution in [0.3, 0.4) is 0 Å². The molecule has 4 aromatic rings. The third-order valence-electron chi connectivity index (χ3n) is 7.60. The maximum Gasteiger partial charge on any atom is 0.231 e. The molecule has 2 aromatic carbocycles. The molecule has 0 radical (unpaired) electrons. The molecule has 6 rings (SSSR count). The van der Waals surface area contributed by atoms with E-state index in [4.69, 9.17) is 24.4 Å². The van der Waals surface area contributed by atoms with Crippen LogP contribution in [0.2, 0.25) is 0 Å². The molecule has 10 nitrogen and oxygen atoms in total. The zero-order valence-corrected chi connectivity index (χ0v) is 24.9. The lowest BCUT2D eigenvalue weighted by atomic mass is 9.91. The summed E-state index contributed by atoms with van der Waals surface area (Å²) in [6.45, 7) is 12.7. The number of aryl methyl sites for hydroxylation is 1. The predicted molar refractivity (Wildman–Crippen MR) is 163 cm³/mol. The molecule has 1 fully saturated rings. The van der Waals surface area contributed by atoms with Crippen molar-refractivity contribution in [1.82, 2.24) is 24.4 Å². The number of ether oxygens (including phenoxy) is 2. The Morgan fingerprint density at radius 3 is 2.67 bits per heavy atom. The standard InChI is InChI=1S/C32H39N7O3/c1-22-7-5-8-24(15-22)19-39-20-34-28-29(33-18-23-9-10-25-26(16-23)42-21-41-25)35-31(36-30(28)39)38-12-6-11-37(13-14-38)27(40)17-32(2,3)4/h5,7-10,15-16,20H,6,11-14,17-19,21H2,1-4H3,(H,33,35,36). The molecule has 0 bridgehead atoms. The van der Waals surface area contributed by atoms with Gasteiger partial charge in [-0.25, -0.2) is 4.98 Å². The van der Waals surface area contributed by atoms with Gasteiger partial charge in [0.15, 0.2) is 28.5 Å². The maximum absolute atomic E-state index is 13.0. The first-order valence-corrected chi connectivity index (χ1v) is 14.7. The Morgan fingerprint density at radius 2 is 1.83 bits per heavy atom. The van der Waals surface area contributed by atoms with E-state index in [1.165, 1.54) is 11.1 Å². The van der Waals surface area contributed by atoms with E-state index in [2.05, 4.69) is 66.7 Å². The monoisotopic (exact) mass is 569 g/mol. The number of nitrogens with zero attached hydrogens (tertiary/aromatic N) is 6. The molecule has 42 heavy (non-hydrogen) atoms. The SMILES string of the molecule is Cc1cccc(Cn2cnc3c(NCc4ccc5c(c4)OCO5)nc(N4CCCN(C(=O)CC(C)(C)C)CC4)nc32)c1. The topological polar surface area (TPSA) is 97.6 Å². The first kappa shape index (κ1) is 27.8. The molecule has 0 atom stereocenters. The number of rotatable bonds is 7. The summed E-state index contributed by atoms with van der Waals surface area (Å²) in [5, 5.41) is 3.51. The third kappa shape index (κ3) is 6.27. The Bertz CT molecular complexity index is 1590. The van der Waals surface area contributed by atoms with Crippen LogP contribution in [-0.2, 0) is 17.9 Å². The van der Waals surface area contributed by atoms with Crippen molar-refractivity contribution in [2.45, 2.75) is 53.6 Å². The van der Waals surface area contributed by atoms with Gasteiger partial charge in [0.25, 0.3) is 0 Å². The molecule has 4 heterocycles. The van der Waals surface area contributed by atoms with Crippen LogP contribution < -0.4 is 19.7 Å². The number of nitrogens with one attached hydrogen (secondary N) is 1. The lowest BCUT2D eigenvalue weighted by Crippen LogP contribution is -2.37. The van der Waals surface area contributed by atoms with E-state index in [1.54, 1.807) is 0 Å². The highest BCUT2D eigenvalue weighted by Gasteiger charge is 2.25. The number of carbonyl (C=O) groups excluding carboxylic acids is 1. The van der Waals surface area contributed by atoms with Crippen molar-refractivity contribution in [2.75, 3.05) is 43.2 Å². The third-order valence-corrected chi connectivity index (χ3v) is 7.60. The van der Waals surface area contributed by atoms with Gasteiger partial charge in [-0.3, -0.25) is 4.79 Å². The van der Waals surface area contributed by atoms with Crippen molar-refractivity contribution in [1.29, 1.82) is 0 Å². The summed E-state index contributed by atoms with van der Waals surface area (Å²) < 4.78 is 13.1. The van der Waals surface area contributed by atoms with Crippen LogP contribution >= 0.6 is 0 Å². The number of imidazole rings is 1. The summed E-state index contributed by atoms with van der Waals surface area (Å²) in [6, 6.07) is 14.4. The smallest absolute Gasteiger partial charge is 0.231 e. The molecule has 0 aliphatic carbocycles. The van der Waals surface area contributed by atoms with Gasteiger partial charge in [-0.15, -0.1) is 0 Å². The zero-order chi connectivity index (χ0) is 29.3. The highest BCUT2D eigenvalue weighted by atomic mass is 16.7. The molecule has 2 aliphatic heterocycles. The van der Waals surface area contributed by atoms with E-state index in [-0.39, 0.29) is 18.1 Å². The Morgan fingerprint density at radius 1 is 0.976 bits per heavy atom. The number of anilines is 2. The second kappa shape index (κ2) is 11.5. The summed E-state index contributed by atoms with van der Waals surface area (Å²) in [6.07, 6.45) is 3.24. The molecule has 0 spiro atoms. The van der Waals surface area contributed by atoms with E-state index in [9.17, 15) is 4.79 Å². The van der Waals surface area contributed by atoms with Crippen molar-refractivity contribution < 1.29 is 14.3 Å². The molecule has 1 amide bonds. The average molecular weight is 570 g/mol. The lowest BCUT2D eigenvalue weighted by Gasteiger charge is -2.26. The van der Waals surface area contributed by atoms with Gasteiger partial charge in [0.2, 0.25) is 18.6 Å². The highest BCUT2D eigenvalue weighted by Crippen LogP contribution is 2.33. The number of fused-ring (bicyclic) bond motifs is 2. The van der Waals surface area contributed by atoms with Gasteiger partial charge in [-0.1, -0.05) is 56.7 Å². The Hall–Kier alpha value is -4.34. The summed E-state index contributed by atoms with van der Waals surface area (Å²) in [5.74, 6) is 3.05. The minimum atomic E-state index is -0.0362. The summed E-state index contributed by atoms with van der Waals surface area (Å²) in [4.78, 5) is 31.9. The van der Waals surface area contributed by atoms with Crippen LogP contribution in [-0.4, -0.2) is 63.3 Å². The molecular formula is C32H39N7O3. The molecule has 220 valence electrons. The second-order valence-electron chi connectivity index (χ2n) is 12.4. The van der Waals surface area contributed by atoms with E-state index < -0.39 is 0 Å². The van der Waals surface area contributed by atoms with Crippen LogP contribution in [0, 0.1) is 12.3 Å². The highest BCUT2D eigenvalue weighted by molar-refractivity contribution is 5.84. The van der Waals surface area contributed by atoms with Gasteiger partial charge < -0.3 is 29.2 Å². The van der Waals surface area contributed by atoms with Crippen molar-refractivity contribution in [3.63, 3.8) is 0 Å². The first-order chi connectivity index (χ1) is 20.2. The molecule has 2 aliphatic rings. The Kier molecular flexibility index (Phi) is 7.62. The fraction of sp³-hybridized carbons (Fsp3) is 0.438. The number of carbonyl (C=O) groups is 1. The first-order valence-electron chi connectivity index (χ1n) is 14.7. The van der Waals surface area contributed by atoms with E-state index in [1.807, 2.05) is 29.4 Å².